The van der Waals surface area contributed by atoms with Crippen LogP contribution in [0, 0.1) is 5.92 Å². The van der Waals surface area contributed by atoms with E-state index in [2.05, 4.69) is 34.7 Å². The van der Waals surface area contributed by atoms with Crippen LogP contribution in [0.3, 0.4) is 0 Å². The summed E-state index contributed by atoms with van der Waals surface area (Å²) in [5.41, 5.74) is 0. The van der Waals surface area contributed by atoms with Gasteiger partial charge in [0.2, 0.25) is 11.0 Å². The van der Waals surface area contributed by atoms with Gasteiger partial charge in [-0.15, -0.1) is 10.2 Å². The molecule has 22 heavy (non-hydrogen) atoms. The molecule has 0 bridgehead atoms. The topological polar surface area (TPSA) is 66.9 Å². The third-order valence-corrected chi connectivity index (χ3v) is 6.19. The van der Waals surface area contributed by atoms with Gasteiger partial charge in [0, 0.05) is 12.0 Å². The third-order valence-electron chi connectivity index (χ3n) is 5.18. The summed E-state index contributed by atoms with van der Waals surface area (Å²) in [4.78, 5) is 12.4. The number of nitrogens with zero attached hydrogens (tertiary/aromatic N) is 2. The van der Waals surface area contributed by atoms with Gasteiger partial charge in [-0.05, 0) is 38.0 Å². The highest BCUT2D eigenvalue weighted by atomic mass is 32.1. The van der Waals surface area contributed by atoms with Gasteiger partial charge in [-0.3, -0.25) is 10.1 Å². The standard InChI is InChI=1S/C16H26N4OS/c1-3-10(4-2)15-19-20-16(22-15)18-14(21)13-9-11-7-5-6-8-12(11)17-13/h10-13,17H,3-9H2,1-2H3,(H,18,20,21). The summed E-state index contributed by atoms with van der Waals surface area (Å²) >= 11 is 1.52. The molecule has 1 aromatic heterocycles. The number of carbonyl (C=O) groups is 1. The number of carbonyl (C=O) groups excluding carboxylic acids is 1. The van der Waals surface area contributed by atoms with Crippen LogP contribution < -0.4 is 10.6 Å². The van der Waals surface area contributed by atoms with Crippen molar-refractivity contribution in [1.82, 2.24) is 15.5 Å². The van der Waals surface area contributed by atoms with E-state index in [0.717, 1.165) is 24.3 Å². The van der Waals surface area contributed by atoms with E-state index >= 15 is 0 Å². The first-order valence-electron chi connectivity index (χ1n) is 8.61. The zero-order valence-electron chi connectivity index (χ0n) is 13.5. The van der Waals surface area contributed by atoms with E-state index in [-0.39, 0.29) is 11.9 Å². The molecule has 3 rings (SSSR count). The minimum atomic E-state index is -0.0615. The molecule has 1 aromatic rings. The van der Waals surface area contributed by atoms with Gasteiger partial charge < -0.3 is 5.32 Å². The molecule has 0 spiro atoms. The van der Waals surface area contributed by atoms with Crippen LogP contribution >= 0.6 is 11.3 Å². The average Bonchev–Trinajstić information content (AvgIpc) is 3.15. The van der Waals surface area contributed by atoms with Crippen molar-refractivity contribution in [2.75, 3.05) is 5.32 Å². The fourth-order valence-corrected chi connectivity index (χ4v) is 4.81. The maximum atomic E-state index is 12.4. The lowest BCUT2D eigenvalue weighted by molar-refractivity contribution is -0.117. The summed E-state index contributed by atoms with van der Waals surface area (Å²) in [5, 5.41) is 16.5. The number of amides is 1. The summed E-state index contributed by atoms with van der Waals surface area (Å²) in [7, 11) is 0. The molecule has 1 saturated heterocycles. The number of nitrogens with one attached hydrogen (secondary N) is 2. The highest BCUT2D eigenvalue weighted by Crippen LogP contribution is 2.34. The van der Waals surface area contributed by atoms with E-state index < -0.39 is 0 Å². The van der Waals surface area contributed by atoms with Gasteiger partial charge in [-0.1, -0.05) is 38.0 Å². The predicted octanol–water partition coefficient (Wildman–Crippen LogP) is 3.30. The van der Waals surface area contributed by atoms with Crippen LogP contribution in [0.1, 0.15) is 69.7 Å². The van der Waals surface area contributed by atoms with E-state index in [1.54, 1.807) is 0 Å². The first-order chi connectivity index (χ1) is 10.7. The molecule has 3 atom stereocenters. The Labute approximate surface area is 136 Å². The molecule has 2 fully saturated rings. The van der Waals surface area contributed by atoms with Gasteiger partial charge in [0.25, 0.3) is 0 Å². The Balaban J connectivity index is 1.58. The molecule has 122 valence electrons. The van der Waals surface area contributed by atoms with Gasteiger partial charge in [0.15, 0.2) is 0 Å². The Morgan fingerprint density at radius 3 is 2.82 bits per heavy atom. The zero-order chi connectivity index (χ0) is 15.5. The molecule has 6 heteroatoms. The molecule has 0 radical (unpaired) electrons. The van der Waals surface area contributed by atoms with Gasteiger partial charge in [0.1, 0.15) is 5.01 Å². The van der Waals surface area contributed by atoms with Gasteiger partial charge in [0.05, 0.1) is 6.04 Å². The Morgan fingerprint density at radius 1 is 1.32 bits per heavy atom. The van der Waals surface area contributed by atoms with Crippen LogP contribution in [0.25, 0.3) is 0 Å². The summed E-state index contributed by atoms with van der Waals surface area (Å²) in [6.07, 6.45) is 8.17. The Kier molecular flexibility index (Phi) is 5.08. The summed E-state index contributed by atoms with van der Waals surface area (Å²) in [6, 6.07) is 0.479. The monoisotopic (exact) mass is 322 g/mol. The second-order valence-corrected chi connectivity index (χ2v) is 7.56. The van der Waals surface area contributed by atoms with E-state index in [9.17, 15) is 4.79 Å². The van der Waals surface area contributed by atoms with Gasteiger partial charge in [-0.25, -0.2) is 0 Å². The van der Waals surface area contributed by atoms with Gasteiger partial charge >= 0.3 is 0 Å². The summed E-state index contributed by atoms with van der Waals surface area (Å²) in [5.74, 6) is 1.19. The van der Waals surface area contributed by atoms with Crippen molar-refractivity contribution in [2.24, 2.45) is 5.92 Å². The zero-order valence-corrected chi connectivity index (χ0v) is 14.3. The maximum absolute atomic E-state index is 12.4. The Hall–Kier alpha value is -1.01. The summed E-state index contributed by atoms with van der Waals surface area (Å²) < 4.78 is 0. The molecule has 2 aliphatic rings. The molecule has 1 amide bonds. The minimum absolute atomic E-state index is 0.0571. The van der Waals surface area contributed by atoms with E-state index in [1.165, 1.54) is 37.0 Å². The van der Waals surface area contributed by atoms with Crippen molar-refractivity contribution in [3.8, 4) is 0 Å². The van der Waals surface area contributed by atoms with E-state index in [4.69, 9.17) is 0 Å². The molecule has 2 N–H and O–H groups in total. The molecule has 1 aliphatic heterocycles. The number of hydrogen-bond donors (Lipinski definition) is 2. The molecule has 5 nitrogen and oxygen atoms in total. The molecular formula is C16H26N4OS. The van der Waals surface area contributed by atoms with Crippen LogP contribution in [-0.4, -0.2) is 28.2 Å². The van der Waals surface area contributed by atoms with Crippen LogP contribution in [-0.2, 0) is 4.79 Å². The van der Waals surface area contributed by atoms with Crippen molar-refractivity contribution in [3.63, 3.8) is 0 Å². The van der Waals surface area contributed by atoms with Gasteiger partial charge in [-0.2, -0.15) is 0 Å². The lowest BCUT2D eigenvalue weighted by Crippen LogP contribution is -2.39. The number of fused-ring (bicyclic) bond motifs is 1. The molecule has 1 aliphatic carbocycles. The Bertz CT molecular complexity index is 500. The number of rotatable bonds is 5. The van der Waals surface area contributed by atoms with Crippen molar-refractivity contribution < 1.29 is 4.79 Å². The van der Waals surface area contributed by atoms with Crippen molar-refractivity contribution >= 4 is 22.4 Å². The second kappa shape index (κ2) is 7.04. The molecule has 0 aromatic carbocycles. The highest BCUT2D eigenvalue weighted by molar-refractivity contribution is 7.15. The normalized spacial score (nSPS) is 27.9. The highest BCUT2D eigenvalue weighted by Gasteiger charge is 2.38. The fourth-order valence-electron chi connectivity index (χ4n) is 3.80. The van der Waals surface area contributed by atoms with Crippen molar-refractivity contribution in [2.45, 2.75) is 76.8 Å². The molecular weight excluding hydrogens is 296 g/mol. The SMILES string of the molecule is CCC(CC)c1nnc(NC(=O)C2CC3CCCCC3N2)s1. The third kappa shape index (κ3) is 3.33. The van der Waals surface area contributed by atoms with Crippen LogP contribution in [0.5, 0.6) is 0 Å². The van der Waals surface area contributed by atoms with Crippen LogP contribution in [0.4, 0.5) is 5.13 Å². The van der Waals surface area contributed by atoms with E-state index in [1.807, 2.05) is 0 Å². The van der Waals surface area contributed by atoms with Crippen LogP contribution in [0.2, 0.25) is 0 Å². The largest absolute Gasteiger partial charge is 0.303 e. The number of aromatic nitrogens is 2. The van der Waals surface area contributed by atoms with Crippen molar-refractivity contribution in [3.05, 3.63) is 5.01 Å². The predicted molar refractivity (Wildman–Crippen MR) is 89.1 cm³/mol. The number of anilines is 1. The van der Waals surface area contributed by atoms with E-state index in [0.29, 0.717) is 23.0 Å². The first kappa shape index (κ1) is 15.9. The minimum Gasteiger partial charge on any atom is -0.303 e. The number of hydrogen-bond acceptors (Lipinski definition) is 5. The van der Waals surface area contributed by atoms with Crippen LogP contribution in [0.15, 0.2) is 0 Å². The maximum Gasteiger partial charge on any atom is 0.243 e. The fraction of sp³-hybridized carbons (Fsp3) is 0.812. The smallest absolute Gasteiger partial charge is 0.243 e. The summed E-state index contributed by atoms with van der Waals surface area (Å²) in [6.45, 7) is 4.33. The first-order valence-corrected chi connectivity index (χ1v) is 9.43. The molecule has 1 saturated carbocycles. The van der Waals surface area contributed by atoms with Crippen molar-refractivity contribution in [1.29, 1.82) is 0 Å². The molecule has 2 heterocycles. The average molecular weight is 322 g/mol. The quantitative estimate of drug-likeness (QED) is 0.873. The Morgan fingerprint density at radius 2 is 2.09 bits per heavy atom. The second-order valence-electron chi connectivity index (χ2n) is 6.55. The lowest BCUT2D eigenvalue weighted by Gasteiger charge is -2.24. The lowest BCUT2D eigenvalue weighted by atomic mass is 9.85. The molecule has 3 unspecified atom stereocenters.